The van der Waals surface area contributed by atoms with Crippen molar-refractivity contribution in [3.05, 3.63) is 35.4 Å². The fourth-order valence-corrected chi connectivity index (χ4v) is 2.36. The van der Waals surface area contributed by atoms with Crippen LogP contribution in [0.2, 0.25) is 0 Å². The van der Waals surface area contributed by atoms with Gasteiger partial charge in [-0.2, -0.15) is 13.2 Å². The van der Waals surface area contributed by atoms with Crippen LogP contribution in [0.15, 0.2) is 24.3 Å². The number of ether oxygens (including phenoxy) is 1. The summed E-state index contributed by atoms with van der Waals surface area (Å²) in [6.45, 7) is 1.43. The molecule has 1 heterocycles. The number of halogens is 3. The van der Waals surface area contributed by atoms with E-state index in [1.807, 2.05) is 0 Å². The lowest BCUT2D eigenvalue weighted by atomic mass is 9.99. The van der Waals surface area contributed by atoms with Crippen molar-refractivity contribution in [1.29, 1.82) is 0 Å². The molecule has 1 saturated heterocycles. The van der Waals surface area contributed by atoms with Crippen molar-refractivity contribution in [3.8, 4) is 0 Å². The molecule has 2 atom stereocenters. The van der Waals surface area contributed by atoms with Gasteiger partial charge in [-0.05, 0) is 30.0 Å². The van der Waals surface area contributed by atoms with Gasteiger partial charge >= 0.3 is 6.18 Å². The first-order valence-electron chi connectivity index (χ1n) is 5.90. The van der Waals surface area contributed by atoms with E-state index in [1.54, 1.807) is 13.2 Å². The lowest BCUT2D eigenvalue weighted by molar-refractivity contribution is -0.137. The van der Waals surface area contributed by atoms with Crippen LogP contribution in [-0.4, -0.2) is 20.3 Å². The highest BCUT2D eigenvalue weighted by Crippen LogP contribution is 2.33. The van der Waals surface area contributed by atoms with Crippen molar-refractivity contribution in [2.75, 3.05) is 20.3 Å². The molecule has 0 aliphatic carbocycles. The predicted molar refractivity (Wildman–Crippen MR) is 62.2 cm³/mol. The van der Waals surface area contributed by atoms with E-state index in [1.165, 1.54) is 12.1 Å². The maximum Gasteiger partial charge on any atom is 0.416 e. The molecule has 5 heteroatoms. The minimum atomic E-state index is -4.28. The molecule has 2 nitrogen and oxygen atoms in total. The molecule has 18 heavy (non-hydrogen) atoms. The van der Waals surface area contributed by atoms with E-state index in [9.17, 15) is 13.2 Å². The molecule has 1 aromatic rings. The van der Waals surface area contributed by atoms with Crippen LogP contribution in [0.1, 0.15) is 23.6 Å². The molecule has 100 valence electrons. The first-order valence-corrected chi connectivity index (χ1v) is 5.90. The normalized spacial score (nSPS) is 24.4. The summed E-state index contributed by atoms with van der Waals surface area (Å²) in [4.78, 5) is 0. The number of rotatable bonds is 3. The topological polar surface area (TPSA) is 21.3 Å². The monoisotopic (exact) mass is 259 g/mol. The van der Waals surface area contributed by atoms with Crippen LogP contribution in [0.25, 0.3) is 0 Å². The van der Waals surface area contributed by atoms with Crippen LogP contribution in [0.3, 0.4) is 0 Å². The Kier molecular flexibility index (Phi) is 3.92. The van der Waals surface area contributed by atoms with Gasteiger partial charge in [0.25, 0.3) is 0 Å². The molecule has 2 unspecified atom stereocenters. The van der Waals surface area contributed by atoms with E-state index in [0.717, 1.165) is 19.0 Å². The summed E-state index contributed by atoms with van der Waals surface area (Å²) in [5.74, 6) is 0.370. The van der Waals surface area contributed by atoms with Gasteiger partial charge < -0.3 is 10.1 Å². The van der Waals surface area contributed by atoms with Crippen molar-refractivity contribution in [2.45, 2.75) is 18.6 Å². The summed E-state index contributed by atoms with van der Waals surface area (Å²) in [6.07, 6.45) is -3.46. The fraction of sp³-hybridized carbons (Fsp3) is 0.538. The van der Waals surface area contributed by atoms with Gasteiger partial charge in [0, 0.05) is 19.7 Å². The minimum absolute atomic E-state index is 0.00699. The quantitative estimate of drug-likeness (QED) is 0.901. The van der Waals surface area contributed by atoms with Crippen LogP contribution in [0.4, 0.5) is 13.2 Å². The van der Waals surface area contributed by atoms with Crippen molar-refractivity contribution in [1.82, 2.24) is 5.32 Å². The largest absolute Gasteiger partial charge is 0.416 e. The molecule has 0 saturated carbocycles. The van der Waals surface area contributed by atoms with Crippen molar-refractivity contribution < 1.29 is 17.9 Å². The average Bonchev–Trinajstić information content (AvgIpc) is 2.77. The molecule has 0 aromatic heterocycles. The Bertz CT molecular complexity index is 405. The SMILES string of the molecule is COCC1CNC(c2cccc(C(F)(F)F)c2)C1. The van der Waals surface area contributed by atoms with E-state index < -0.39 is 11.7 Å². The number of benzene rings is 1. The second-order valence-electron chi connectivity index (χ2n) is 4.64. The number of hydrogen-bond donors (Lipinski definition) is 1. The van der Waals surface area contributed by atoms with E-state index in [2.05, 4.69) is 5.32 Å². The maximum atomic E-state index is 12.6. The summed E-state index contributed by atoms with van der Waals surface area (Å²) in [5, 5.41) is 3.24. The molecule has 1 aliphatic heterocycles. The third kappa shape index (κ3) is 3.03. The van der Waals surface area contributed by atoms with Gasteiger partial charge in [-0.25, -0.2) is 0 Å². The molecule has 1 aliphatic rings. The zero-order valence-corrected chi connectivity index (χ0v) is 10.1. The van der Waals surface area contributed by atoms with Crippen LogP contribution in [-0.2, 0) is 10.9 Å². The minimum Gasteiger partial charge on any atom is -0.384 e. The third-order valence-electron chi connectivity index (χ3n) is 3.24. The van der Waals surface area contributed by atoms with Gasteiger partial charge in [0.05, 0.1) is 12.2 Å². The van der Waals surface area contributed by atoms with Crippen LogP contribution in [0, 0.1) is 5.92 Å². The van der Waals surface area contributed by atoms with Crippen LogP contribution in [0.5, 0.6) is 0 Å². The fourth-order valence-electron chi connectivity index (χ4n) is 2.36. The second-order valence-corrected chi connectivity index (χ2v) is 4.64. The lowest BCUT2D eigenvalue weighted by Crippen LogP contribution is -2.15. The van der Waals surface area contributed by atoms with E-state index >= 15 is 0 Å². The van der Waals surface area contributed by atoms with E-state index in [4.69, 9.17) is 4.74 Å². The highest BCUT2D eigenvalue weighted by molar-refractivity contribution is 5.28. The second kappa shape index (κ2) is 5.28. The van der Waals surface area contributed by atoms with E-state index in [0.29, 0.717) is 18.1 Å². The zero-order chi connectivity index (χ0) is 13.2. The Morgan fingerprint density at radius 1 is 1.39 bits per heavy atom. The van der Waals surface area contributed by atoms with Gasteiger partial charge in [-0.1, -0.05) is 12.1 Å². The number of alkyl halides is 3. The molecule has 2 rings (SSSR count). The molecule has 0 radical (unpaired) electrons. The summed E-state index contributed by atoms with van der Waals surface area (Å²) >= 11 is 0. The van der Waals surface area contributed by atoms with Crippen molar-refractivity contribution in [2.24, 2.45) is 5.92 Å². The highest BCUT2D eigenvalue weighted by atomic mass is 19.4. The standard InChI is InChI=1S/C13H16F3NO/c1-18-8-9-5-12(17-7-9)10-3-2-4-11(6-10)13(14,15)16/h2-4,6,9,12,17H,5,7-8H2,1H3. The Labute approximate surface area is 104 Å². The van der Waals surface area contributed by atoms with Crippen LogP contribution < -0.4 is 5.32 Å². The molecule has 0 bridgehead atoms. The van der Waals surface area contributed by atoms with Crippen molar-refractivity contribution in [3.63, 3.8) is 0 Å². The van der Waals surface area contributed by atoms with Gasteiger partial charge in [0.2, 0.25) is 0 Å². The van der Waals surface area contributed by atoms with E-state index in [-0.39, 0.29) is 6.04 Å². The summed E-state index contributed by atoms with van der Waals surface area (Å²) in [6, 6.07) is 5.52. The summed E-state index contributed by atoms with van der Waals surface area (Å²) in [7, 11) is 1.64. The Morgan fingerprint density at radius 2 is 2.17 bits per heavy atom. The van der Waals surface area contributed by atoms with Gasteiger partial charge in [-0.15, -0.1) is 0 Å². The molecule has 1 N–H and O–H groups in total. The first-order chi connectivity index (χ1) is 8.50. The maximum absolute atomic E-state index is 12.6. The van der Waals surface area contributed by atoms with Gasteiger partial charge in [-0.3, -0.25) is 0 Å². The summed E-state index contributed by atoms with van der Waals surface area (Å²) in [5.41, 5.74) is 0.111. The Hall–Kier alpha value is -1.07. The summed E-state index contributed by atoms with van der Waals surface area (Å²) < 4.78 is 42.9. The molecular weight excluding hydrogens is 243 g/mol. The smallest absolute Gasteiger partial charge is 0.384 e. The molecule has 0 spiro atoms. The molecule has 1 fully saturated rings. The Balaban J connectivity index is 2.10. The third-order valence-corrected chi connectivity index (χ3v) is 3.24. The zero-order valence-electron chi connectivity index (χ0n) is 10.1. The van der Waals surface area contributed by atoms with Crippen molar-refractivity contribution >= 4 is 0 Å². The lowest BCUT2D eigenvalue weighted by Gasteiger charge is -2.14. The number of nitrogens with one attached hydrogen (secondary N) is 1. The van der Waals surface area contributed by atoms with Gasteiger partial charge in [0.1, 0.15) is 0 Å². The predicted octanol–water partition coefficient (Wildman–Crippen LogP) is 3.00. The molecule has 0 amide bonds. The number of hydrogen-bond acceptors (Lipinski definition) is 2. The van der Waals surface area contributed by atoms with Crippen LogP contribution >= 0.6 is 0 Å². The molecule has 1 aromatic carbocycles. The Morgan fingerprint density at radius 3 is 2.83 bits per heavy atom. The average molecular weight is 259 g/mol. The molecular formula is C13H16F3NO. The number of methoxy groups -OCH3 is 1. The highest BCUT2D eigenvalue weighted by Gasteiger charge is 2.32. The van der Waals surface area contributed by atoms with Gasteiger partial charge in [0.15, 0.2) is 0 Å². The first kappa shape index (κ1) is 13.4.